The van der Waals surface area contributed by atoms with Crippen LogP contribution < -0.4 is 10.6 Å². The summed E-state index contributed by atoms with van der Waals surface area (Å²) in [5.41, 5.74) is 0. The normalized spacial score (nSPS) is 11.7. The zero-order valence-corrected chi connectivity index (χ0v) is 19.6. The van der Waals surface area contributed by atoms with Gasteiger partial charge in [0.2, 0.25) is 0 Å². The van der Waals surface area contributed by atoms with Gasteiger partial charge in [-0.1, -0.05) is 31.5 Å². The number of nitrogens with zero attached hydrogens (tertiary/aromatic N) is 1. The number of sulfone groups is 1. The number of nitrogens with one attached hydrogen (secondary N) is 2. The fourth-order valence-corrected chi connectivity index (χ4v) is 3.58. The van der Waals surface area contributed by atoms with Gasteiger partial charge in [-0.25, -0.2) is 8.42 Å². The first kappa shape index (κ1) is 26.1. The van der Waals surface area contributed by atoms with Crippen molar-refractivity contribution in [2.75, 3.05) is 38.6 Å². The Bertz CT molecular complexity index is 610. The maximum absolute atomic E-state index is 12.2. The van der Waals surface area contributed by atoms with E-state index in [0.29, 0.717) is 17.9 Å². The lowest BCUT2D eigenvalue weighted by molar-refractivity contribution is 0.129. The summed E-state index contributed by atoms with van der Waals surface area (Å²) >= 11 is 0. The molecule has 0 saturated heterocycles. The molecule has 0 radical (unpaired) electrons. The van der Waals surface area contributed by atoms with Crippen molar-refractivity contribution in [1.29, 1.82) is 0 Å². The predicted octanol–water partition coefficient (Wildman–Crippen LogP) is 3.23. The molecule has 2 N–H and O–H groups in total. The Morgan fingerprint density at radius 1 is 1.04 bits per heavy atom. The monoisotopic (exact) mass is 511 g/mol. The fourth-order valence-electron chi connectivity index (χ4n) is 2.26. The van der Waals surface area contributed by atoms with E-state index < -0.39 is 9.84 Å². The molecule has 6 nitrogen and oxygen atoms in total. The van der Waals surface area contributed by atoms with Crippen LogP contribution in [-0.2, 0) is 14.6 Å². The number of aliphatic imine (C=N–C) groups is 1. The molecule has 0 atom stereocenters. The highest BCUT2D eigenvalue weighted by Gasteiger charge is 2.12. The fraction of sp³-hybridized carbons (Fsp3) is 0.632. The average molecular weight is 511 g/mol. The number of hydrogen-bond acceptors (Lipinski definition) is 4. The first-order chi connectivity index (χ1) is 12.6. The second-order valence-corrected chi connectivity index (χ2v) is 8.10. The van der Waals surface area contributed by atoms with Crippen molar-refractivity contribution in [3.8, 4) is 0 Å². The van der Waals surface area contributed by atoms with Crippen LogP contribution in [0.5, 0.6) is 0 Å². The third kappa shape index (κ3) is 12.2. The molecule has 0 saturated carbocycles. The van der Waals surface area contributed by atoms with Gasteiger partial charge in [0.05, 0.1) is 10.6 Å². The van der Waals surface area contributed by atoms with Crippen LogP contribution in [0.3, 0.4) is 0 Å². The molecule has 0 aliphatic carbocycles. The van der Waals surface area contributed by atoms with Crippen molar-refractivity contribution < 1.29 is 13.2 Å². The topological polar surface area (TPSA) is 79.8 Å². The Morgan fingerprint density at radius 3 is 2.41 bits per heavy atom. The van der Waals surface area contributed by atoms with Gasteiger partial charge in [0.1, 0.15) is 0 Å². The molecule has 1 aromatic carbocycles. The Kier molecular flexibility index (Phi) is 15.6. The maximum atomic E-state index is 12.2. The van der Waals surface area contributed by atoms with E-state index in [9.17, 15) is 8.42 Å². The van der Waals surface area contributed by atoms with Crippen LogP contribution in [0.25, 0.3) is 0 Å². The first-order valence-electron chi connectivity index (χ1n) is 9.48. The maximum Gasteiger partial charge on any atom is 0.191 e. The van der Waals surface area contributed by atoms with Crippen molar-refractivity contribution >= 4 is 39.8 Å². The number of unbranched alkanes of at least 4 members (excludes halogenated alkanes) is 1. The van der Waals surface area contributed by atoms with Crippen LogP contribution in [0.2, 0.25) is 0 Å². The molecule has 0 fully saturated rings. The number of benzene rings is 1. The molecule has 156 valence electrons. The van der Waals surface area contributed by atoms with Crippen LogP contribution in [-0.4, -0.2) is 53.0 Å². The van der Waals surface area contributed by atoms with Gasteiger partial charge in [-0.2, -0.15) is 0 Å². The molecule has 0 aliphatic rings. The van der Waals surface area contributed by atoms with E-state index in [1.54, 1.807) is 24.3 Å². The first-order valence-corrected chi connectivity index (χ1v) is 11.1. The van der Waals surface area contributed by atoms with Crippen LogP contribution >= 0.6 is 24.0 Å². The molecule has 8 heteroatoms. The number of hydrogen-bond donors (Lipinski definition) is 2. The average Bonchev–Trinajstić information content (AvgIpc) is 2.65. The molecule has 0 bridgehead atoms. The van der Waals surface area contributed by atoms with Gasteiger partial charge in [-0.15, -0.1) is 24.0 Å². The minimum Gasteiger partial charge on any atom is -0.381 e. The summed E-state index contributed by atoms with van der Waals surface area (Å²) in [5, 5.41) is 6.42. The minimum atomic E-state index is -3.23. The SMILES string of the molecule is CCCCOCCCNC(=NCCCS(=O)(=O)c1ccccc1)NCC.I. The van der Waals surface area contributed by atoms with Gasteiger partial charge in [-0.3, -0.25) is 4.99 Å². The van der Waals surface area contributed by atoms with Gasteiger partial charge >= 0.3 is 0 Å². The summed E-state index contributed by atoms with van der Waals surface area (Å²) in [6, 6.07) is 8.56. The van der Waals surface area contributed by atoms with Crippen LogP contribution in [0.4, 0.5) is 0 Å². The Hall–Kier alpha value is -0.870. The zero-order valence-electron chi connectivity index (χ0n) is 16.4. The van der Waals surface area contributed by atoms with E-state index in [2.05, 4.69) is 22.5 Å². The van der Waals surface area contributed by atoms with Crippen LogP contribution in [0.15, 0.2) is 40.2 Å². The van der Waals surface area contributed by atoms with E-state index >= 15 is 0 Å². The van der Waals surface area contributed by atoms with Gasteiger partial charge in [0.25, 0.3) is 0 Å². The van der Waals surface area contributed by atoms with E-state index in [1.165, 1.54) is 0 Å². The Labute approximate surface area is 181 Å². The second-order valence-electron chi connectivity index (χ2n) is 5.99. The van der Waals surface area contributed by atoms with Crippen LogP contribution in [0, 0.1) is 0 Å². The second kappa shape index (κ2) is 16.1. The summed E-state index contributed by atoms with van der Waals surface area (Å²) in [7, 11) is -3.23. The van der Waals surface area contributed by atoms with Crippen molar-refractivity contribution in [3.05, 3.63) is 30.3 Å². The molecule has 0 amide bonds. The van der Waals surface area contributed by atoms with Crippen molar-refractivity contribution in [2.24, 2.45) is 4.99 Å². The summed E-state index contributed by atoms with van der Waals surface area (Å²) in [5.74, 6) is 0.823. The van der Waals surface area contributed by atoms with Gasteiger partial charge in [-0.05, 0) is 38.3 Å². The number of rotatable bonds is 13. The van der Waals surface area contributed by atoms with E-state index in [0.717, 1.165) is 51.5 Å². The lowest BCUT2D eigenvalue weighted by Gasteiger charge is -2.11. The third-order valence-corrected chi connectivity index (χ3v) is 5.50. The van der Waals surface area contributed by atoms with Gasteiger partial charge in [0.15, 0.2) is 15.8 Å². The lowest BCUT2D eigenvalue weighted by Crippen LogP contribution is -2.38. The molecule has 0 aromatic heterocycles. The summed E-state index contributed by atoms with van der Waals surface area (Å²) < 4.78 is 30.0. The largest absolute Gasteiger partial charge is 0.381 e. The molecule has 27 heavy (non-hydrogen) atoms. The highest BCUT2D eigenvalue weighted by molar-refractivity contribution is 14.0. The molecule has 0 aliphatic heterocycles. The van der Waals surface area contributed by atoms with Crippen molar-refractivity contribution in [3.63, 3.8) is 0 Å². The summed E-state index contributed by atoms with van der Waals surface area (Å²) in [6.45, 7) is 7.72. The lowest BCUT2D eigenvalue weighted by atomic mass is 10.4. The third-order valence-electron chi connectivity index (χ3n) is 3.69. The molecule has 1 aromatic rings. The van der Waals surface area contributed by atoms with Gasteiger partial charge < -0.3 is 15.4 Å². The minimum absolute atomic E-state index is 0. The standard InChI is InChI=1S/C19H33N3O3S.HI/c1-3-5-15-25-16-9-13-21-19(20-4-2)22-14-10-17-26(23,24)18-11-7-6-8-12-18;/h6-8,11-12H,3-5,9-10,13-17H2,1-2H3,(H2,20,21,22);1H. The van der Waals surface area contributed by atoms with Gasteiger partial charge in [0, 0.05) is 32.8 Å². The van der Waals surface area contributed by atoms with E-state index in [1.807, 2.05) is 13.0 Å². The summed E-state index contributed by atoms with van der Waals surface area (Å²) in [4.78, 5) is 4.82. The summed E-state index contributed by atoms with van der Waals surface area (Å²) in [6.07, 6.45) is 3.66. The predicted molar refractivity (Wildman–Crippen MR) is 123 cm³/mol. The molecule has 0 unspecified atom stereocenters. The molecular formula is C19H34IN3O3S. The number of ether oxygens (including phenoxy) is 1. The molecule has 0 heterocycles. The van der Waals surface area contributed by atoms with Crippen molar-refractivity contribution in [1.82, 2.24) is 10.6 Å². The Morgan fingerprint density at radius 2 is 1.74 bits per heavy atom. The van der Waals surface area contributed by atoms with E-state index in [-0.39, 0.29) is 29.7 Å². The number of halogens is 1. The highest BCUT2D eigenvalue weighted by atomic mass is 127. The highest BCUT2D eigenvalue weighted by Crippen LogP contribution is 2.10. The van der Waals surface area contributed by atoms with Crippen LogP contribution in [0.1, 0.15) is 39.5 Å². The Balaban J connectivity index is 0.00000676. The molecule has 0 spiro atoms. The quantitative estimate of drug-likeness (QED) is 0.184. The van der Waals surface area contributed by atoms with E-state index in [4.69, 9.17) is 4.74 Å². The number of guanidine groups is 1. The van der Waals surface area contributed by atoms with Crippen molar-refractivity contribution in [2.45, 2.75) is 44.4 Å². The zero-order chi connectivity index (χ0) is 19.1. The molecule has 1 rings (SSSR count). The molecular weight excluding hydrogens is 477 g/mol. The smallest absolute Gasteiger partial charge is 0.191 e.